The first-order chi connectivity index (χ1) is 10.8. The zero-order chi connectivity index (χ0) is 17.0. The molecule has 0 spiro atoms. The fourth-order valence-electron chi connectivity index (χ4n) is 3.39. The third-order valence-electron chi connectivity index (χ3n) is 4.82. The van der Waals surface area contributed by atoms with Crippen LogP contribution in [0.5, 0.6) is 0 Å². The molecule has 2 aliphatic rings. The minimum Gasteiger partial charge on any atom is -0.444 e. The van der Waals surface area contributed by atoms with Crippen LogP contribution in [0.2, 0.25) is 0 Å². The highest BCUT2D eigenvalue weighted by Gasteiger charge is 2.38. The highest BCUT2D eigenvalue weighted by atomic mass is 16.6. The molecule has 1 aliphatic heterocycles. The number of hydrogen-bond acceptors (Lipinski definition) is 4. The molecule has 2 atom stereocenters. The second-order valence-electron chi connectivity index (χ2n) is 8.10. The Morgan fingerprint density at radius 3 is 2.35 bits per heavy atom. The van der Waals surface area contributed by atoms with Crippen molar-refractivity contribution in [3.05, 3.63) is 0 Å². The van der Waals surface area contributed by atoms with Crippen LogP contribution >= 0.6 is 0 Å². The molecule has 2 fully saturated rings. The molecular weight excluding hydrogens is 294 g/mol. The van der Waals surface area contributed by atoms with E-state index in [1.54, 1.807) is 12.0 Å². The van der Waals surface area contributed by atoms with Crippen LogP contribution in [0.4, 0.5) is 4.79 Å². The van der Waals surface area contributed by atoms with Gasteiger partial charge in [-0.1, -0.05) is 6.92 Å². The van der Waals surface area contributed by atoms with Gasteiger partial charge in [0.05, 0.1) is 31.4 Å². The lowest BCUT2D eigenvalue weighted by molar-refractivity contribution is -0.0182. The van der Waals surface area contributed by atoms with Crippen LogP contribution in [-0.4, -0.2) is 55.1 Å². The van der Waals surface area contributed by atoms with Gasteiger partial charge in [0, 0.05) is 7.11 Å². The van der Waals surface area contributed by atoms with E-state index in [0.717, 1.165) is 25.2 Å². The Bertz CT molecular complexity index is 385. The number of nitrogens with zero attached hydrogens (tertiary/aromatic N) is 1. The van der Waals surface area contributed by atoms with Gasteiger partial charge in [-0.3, -0.25) is 0 Å². The van der Waals surface area contributed by atoms with Crippen molar-refractivity contribution in [2.45, 2.75) is 83.6 Å². The fraction of sp³-hybridized carbons (Fsp3) is 0.944. The normalized spacial score (nSPS) is 32.1. The van der Waals surface area contributed by atoms with Gasteiger partial charge in [0.15, 0.2) is 0 Å². The predicted octanol–water partition coefficient (Wildman–Crippen LogP) is 3.61. The Hall–Kier alpha value is -0.810. The first kappa shape index (κ1) is 18.5. The molecule has 1 saturated heterocycles. The van der Waals surface area contributed by atoms with E-state index >= 15 is 0 Å². The molecule has 5 heteroatoms. The lowest BCUT2D eigenvalue weighted by Gasteiger charge is -2.31. The maximum atomic E-state index is 12.4. The molecule has 1 aliphatic carbocycles. The Morgan fingerprint density at radius 1 is 1.13 bits per heavy atom. The van der Waals surface area contributed by atoms with Crippen LogP contribution < -0.4 is 0 Å². The molecule has 2 rings (SSSR count). The van der Waals surface area contributed by atoms with Crippen molar-refractivity contribution in [3.63, 3.8) is 0 Å². The molecule has 1 amide bonds. The highest BCUT2D eigenvalue weighted by molar-refractivity contribution is 5.69. The molecule has 1 saturated carbocycles. The van der Waals surface area contributed by atoms with E-state index in [4.69, 9.17) is 14.2 Å². The first-order valence-electron chi connectivity index (χ1n) is 8.92. The van der Waals surface area contributed by atoms with Crippen LogP contribution in [-0.2, 0) is 14.2 Å². The standard InChI is InChI=1S/C18H33NO4/c1-13-6-8-15(9-7-13)22-12-14-10-16(21-5)11-19(14)17(20)23-18(2,3)4/h13-16H,6-12H2,1-5H3/t13?,14-,15?,16-/m0/s1. The Kier molecular flexibility index (Phi) is 6.32. The number of carbonyl (C=O) groups is 1. The fourth-order valence-corrected chi connectivity index (χ4v) is 3.39. The number of likely N-dealkylation sites (tertiary alicyclic amines) is 1. The minimum atomic E-state index is -0.479. The average molecular weight is 327 g/mol. The number of rotatable bonds is 4. The molecule has 0 radical (unpaired) electrons. The summed E-state index contributed by atoms with van der Waals surface area (Å²) in [5, 5.41) is 0. The summed E-state index contributed by atoms with van der Waals surface area (Å²) in [6.07, 6.45) is 5.72. The van der Waals surface area contributed by atoms with Crippen molar-refractivity contribution in [1.29, 1.82) is 0 Å². The number of amides is 1. The Labute approximate surface area is 140 Å². The SMILES string of the molecule is CO[C@H]1C[C@@H](COC2CCC(C)CC2)N(C(=O)OC(C)(C)C)C1. The minimum absolute atomic E-state index is 0.0501. The van der Waals surface area contributed by atoms with E-state index in [2.05, 4.69) is 6.92 Å². The summed E-state index contributed by atoms with van der Waals surface area (Å²) in [5.74, 6) is 0.817. The van der Waals surface area contributed by atoms with Crippen molar-refractivity contribution in [2.75, 3.05) is 20.3 Å². The molecule has 0 aromatic heterocycles. The highest BCUT2D eigenvalue weighted by Crippen LogP contribution is 2.28. The molecule has 134 valence electrons. The molecule has 5 nitrogen and oxygen atoms in total. The Morgan fingerprint density at radius 2 is 1.78 bits per heavy atom. The third-order valence-corrected chi connectivity index (χ3v) is 4.82. The van der Waals surface area contributed by atoms with E-state index in [1.807, 2.05) is 20.8 Å². The summed E-state index contributed by atoms with van der Waals surface area (Å²) >= 11 is 0. The van der Waals surface area contributed by atoms with Crippen LogP contribution in [0.25, 0.3) is 0 Å². The molecule has 0 N–H and O–H groups in total. The number of carbonyl (C=O) groups excluding carboxylic acids is 1. The second kappa shape index (κ2) is 7.84. The summed E-state index contributed by atoms with van der Waals surface area (Å²) in [5.41, 5.74) is -0.479. The van der Waals surface area contributed by atoms with Gasteiger partial charge in [-0.25, -0.2) is 4.79 Å². The molecule has 0 aromatic rings. The van der Waals surface area contributed by atoms with Crippen molar-refractivity contribution in [3.8, 4) is 0 Å². The molecule has 0 bridgehead atoms. The third kappa shape index (κ3) is 5.64. The molecule has 0 aromatic carbocycles. The summed E-state index contributed by atoms with van der Waals surface area (Å²) < 4.78 is 17.1. The zero-order valence-corrected chi connectivity index (χ0v) is 15.3. The maximum Gasteiger partial charge on any atom is 0.410 e. The smallest absolute Gasteiger partial charge is 0.410 e. The monoisotopic (exact) mass is 327 g/mol. The predicted molar refractivity (Wildman–Crippen MR) is 89.5 cm³/mol. The van der Waals surface area contributed by atoms with Crippen molar-refractivity contribution < 1.29 is 19.0 Å². The van der Waals surface area contributed by atoms with Crippen molar-refractivity contribution in [1.82, 2.24) is 4.90 Å². The van der Waals surface area contributed by atoms with Crippen LogP contribution in [0.3, 0.4) is 0 Å². The molecule has 0 unspecified atom stereocenters. The number of hydrogen-bond donors (Lipinski definition) is 0. The van der Waals surface area contributed by atoms with Gasteiger partial charge in [-0.05, 0) is 58.8 Å². The molecule has 23 heavy (non-hydrogen) atoms. The summed E-state index contributed by atoms with van der Waals surface area (Å²) in [7, 11) is 1.70. The van der Waals surface area contributed by atoms with Gasteiger partial charge in [0.2, 0.25) is 0 Å². The second-order valence-corrected chi connectivity index (χ2v) is 8.10. The number of methoxy groups -OCH3 is 1. The largest absolute Gasteiger partial charge is 0.444 e. The lowest BCUT2D eigenvalue weighted by Crippen LogP contribution is -2.42. The van der Waals surface area contributed by atoms with E-state index in [1.165, 1.54) is 12.8 Å². The van der Waals surface area contributed by atoms with E-state index in [0.29, 0.717) is 19.3 Å². The van der Waals surface area contributed by atoms with E-state index < -0.39 is 5.60 Å². The maximum absolute atomic E-state index is 12.4. The van der Waals surface area contributed by atoms with Crippen molar-refractivity contribution >= 4 is 6.09 Å². The first-order valence-corrected chi connectivity index (χ1v) is 8.92. The van der Waals surface area contributed by atoms with Gasteiger partial charge >= 0.3 is 6.09 Å². The topological polar surface area (TPSA) is 48.0 Å². The zero-order valence-electron chi connectivity index (χ0n) is 15.3. The summed E-state index contributed by atoms with van der Waals surface area (Å²) in [6, 6.07) is 0.0501. The van der Waals surface area contributed by atoms with E-state index in [9.17, 15) is 4.79 Å². The molecule has 1 heterocycles. The van der Waals surface area contributed by atoms with Gasteiger partial charge < -0.3 is 19.1 Å². The van der Waals surface area contributed by atoms with Gasteiger partial charge in [-0.15, -0.1) is 0 Å². The summed E-state index contributed by atoms with van der Waals surface area (Å²) in [6.45, 7) is 9.15. The van der Waals surface area contributed by atoms with Gasteiger partial charge in [0.1, 0.15) is 5.60 Å². The summed E-state index contributed by atoms with van der Waals surface area (Å²) in [4.78, 5) is 14.2. The van der Waals surface area contributed by atoms with Crippen LogP contribution in [0.15, 0.2) is 0 Å². The van der Waals surface area contributed by atoms with Gasteiger partial charge in [-0.2, -0.15) is 0 Å². The van der Waals surface area contributed by atoms with Crippen LogP contribution in [0, 0.1) is 5.92 Å². The van der Waals surface area contributed by atoms with Gasteiger partial charge in [0.25, 0.3) is 0 Å². The average Bonchev–Trinajstić information content (AvgIpc) is 2.88. The Balaban J connectivity index is 1.87. The van der Waals surface area contributed by atoms with Crippen LogP contribution in [0.1, 0.15) is 59.8 Å². The quantitative estimate of drug-likeness (QED) is 0.791. The van der Waals surface area contributed by atoms with Crippen molar-refractivity contribution in [2.24, 2.45) is 5.92 Å². The molecular formula is C18H33NO4. The number of ether oxygens (including phenoxy) is 3. The van der Waals surface area contributed by atoms with E-state index in [-0.39, 0.29) is 18.2 Å². The lowest BCUT2D eigenvalue weighted by atomic mass is 9.89.